The average molecular weight is 414 g/mol. The van der Waals surface area contributed by atoms with E-state index in [0.717, 1.165) is 17.0 Å². The van der Waals surface area contributed by atoms with E-state index < -0.39 is 46.4 Å². The van der Waals surface area contributed by atoms with Crippen molar-refractivity contribution in [2.45, 2.75) is 25.3 Å². The van der Waals surface area contributed by atoms with Crippen molar-refractivity contribution in [2.24, 2.45) is 0 Å². The molecule has 0 bridgehead atoms. The minimum atomic E-state index is -1.28. The molecule has 0 aromatic heterocycles. The second-order valence-corrected chi connectivity index (χ2v) is 6.81. The monoisotopic (exact) mass is 414 g/mol. The zero-order valence-corrected chi connectivity index (χ0v) is 16.1. The zero-order chi connectivity index (χ0) is 21.9. The van der Waals surface area contributed by atoms with Crippen molar-refractivity contribution in [1.29, 1.82) is 0 Å². The Bertz CT molecular complexity index is 1010. The molecule has 1 fully saturated rings. The molecule has 0 aliphatic carbocycles. The molecule has 2 aromatic carbocycles. The Morgan fingerprint density at radius 3 is 2.57 bits per heavy atom. The van der Waals surface area contributed by atoms with Gasteiger partial charge in [-0.2, -0.15) is 0 Å². The number of nitro groups is 1. The van der Waals surface area contributed by atoms with Crippen LogP contribution in [0, 0.1) is 15.9 Å². The summed E-state index contributed by atoms with van der Waals surface area (Å²) < 4.78 is 13.3. The molecule has 9 nitrogen and oxygen atoms in total. The number of urea groups is 1. The predicted octanol–water partition coefficient (Wildman–Crippen LogP) is 2.92. The summed E-state index contributed by atoms with van der Waals surface area (Å²) in [6.07, 6.45) is 0.936. The molecule has 2 aromatic rings. The van der Waals surface area contributed by atoms with Gasteiger partial charge in [0.05, 0.1) is 11.0 Å². The minimum Gasteiger partial charge on any atom is -0.319 e. The maximum absolute atomic E-state index is 13.3. The van der Waals surface area contributed by atoms with Gasteiger partial charge < -0.3 is 10.6 Å². The van der Waals surface area contributed by atoms with E-state index in [9.17, 15) is 28.9 Å². The minimum absolute atomic E-state index is 0.235. The molecule has 10 heteroatoms. The van der Waals surface area contributed by atoms with Gasteiger partial charge in [-0.15, -0.1) is 0 Å². The molecule has 1 saturated heterocycles. The summed E-state index contributed by atoms with van der Waals surface area (Å²) in [5, 5.41) is 16.0. The van der Waals surface area contributed by atoms with Crippen LogP contribution < -0.4 is 10.6 Å². The zero-order valence-electron chi connectivity index (χ0n) is 16.1. The number of carbonyl (C=O) groups is 3. The highest BCUT2D eigenvalue weighted by molar-refractivity contribution is 6.10. The number of hydrogen-bond acceptors (Lipinski definition) is 5. The van der Waals surface area contributed by atoms with Crippen LogP contribution in [0.5, 0.6) is 0 Å². The van der Waals surface area contributed by atoms with E-state index in [4.69, 9.17) is 0 Å². The third-order valence-electron chi connectivity index (χ3n) is 4.80. The van der Waals surface area contributed by atoms with E-state index in [0.29, 0.717) is 24.5 Å². The fraction of sp³-hybridized carbons (Fsp3) is 0.250. The standard InChI is InChI=1S/C20H19FN4O5/c1-2-10-20(13-6-4-3-5-7-13)18(27)24(19(28)23-20)12-17(26)22-15-9-8-14(21)11-16(15)25(29)30/h3-9,11H,2,10,12H2,1H3,(H,22,26)(H,23,28)/t20-/m0/s1. The number of nitrogens with one attached hydrogen (secondary N) is 2. The Labute approximate surface area is 171 Å². The topological polar surface area (TPSA) is 122 Å². The second-order valence-electron chi connectivity index (χ2n) is 6.81. The van der Waals surface area contributed by atoms with Gasteiger partial charge in [-0.05, 0) is 24.1 Å². The number of imide groups is 1. The number of halogens is 1. The number of anilines is 1. The molecule has 30 heavy (non-hydrogen) atoms. The lowest BCUT2D eigenvalue weighted by atomic mass is 9.85. The van der Waals surface area contributed by atoms with Gasteiger partial charge in [0.25, 0.3) is 11.6 Å². The summed E-state index contributed by atoms with van der Waals surface area (Å²) in [4.78, 5) is 49.1. The summed E-state index contributed by atoms with van der Waals surface area (Å²) in [5.74, 6) is -2.24. The highest BCUT2D eigenvalue weighted by atomic mass is 19.1. The summed E-state index contributed by atoms with van der Waals surface area (Å²) in [7, 11) is 0. The second kappa shape index (κ2) is 8.27. The van der Waals surface area contributed by atoms with Crippen LogP contribution in [0.1, 0.15) is 25.3 Å². The number of nitrogens with zero attached hydrogens (tertiary/aromatic N) is 2. The lowest BCUT2D eigenvalue weighted by Gasteiger charge is -2.26. The smallest absolute Gasteiger partial charge is 0.319 e. The SMILES string of the molecule is CCC[C@@]1(c2ccccc2)NC(=O)N(CC(=O)Nc2ccc(F)cc2[N+](=O)[O-])C1=O. The van der Waals surface area contributed by atoms with Crippen molar-refractivity contribution in [2.75, 3.05) is 11.9 Å². The van der Waals surface area contributed by atoms with Crippen molar-refractivity contribution in [3.05, 3.63) is 70.0 Å². The normalized spacial score (nSPS) is 18.3. The average Bonchev–Trinajstić information content (AvgIpc) is 2.95. The molecule has 1 atom stereocenters. The number of hydrogen-bond donors (Lipinski definition) is 2. The number of carbonyl (C=O) groups excluding carboxylic acids is 3. The third kappa shape index (κ3) is 3.84. The molecule has 4 amide bonds. The van der Waals surface area contributed by atoms with Crippen molar-refractivity contribution in [3.63, 3.8) is 0 Å². The van der Waals surface area contributed by atoms with Crippen LogP contribution in [-0.2, 0) is 15.1 Å². The number of amides is 4. The number of nitro benzene ring substituents is 1. The third-order valence-corrected chi connectivity index (χ3v) is 4.80. The highest BCUT2D eigenvalue weighted by Gasteiger charge is 2.52. The number of rotatable bonds is 7. The van der Waals surface area contributed by atoms with Crippen molar-refractivity contribution in [1.82, 2.24) is 10.2 Å². The molecule has 0 unspecified atom stereocenters. The molecule has 3 rings (SSSR count). The Balaban J connectivity index is 1.82. The first kappa shape index (κ1) is 20.9. The van der Waals surface area contributed by atoms with Crippen LogP contribution in [0.4, 0.5) is 20.6 Å². The van der Waals surface area contributed by atoms with E-state index in [1.54, 1.807) is 30.3 Å². The maximum Gasteiger partial charge on any atom is 0.325 e. The van der Waals surface area contributed by atoms with E-state index >= 15 is 0 Å². The predicted molar refractivity (Wildman–Crippen MR) is 105 cm³/mol. The summed E-state index contributed by atoms with van der Waals surface area (Å²) in [6, 6.07) is 10.7. The van der Waals surface area contributed by atoms with E-state index in [2.05, 4.69) is 10.6 Å². The summed E-state index contributed by atoms with van der Waals surface area (Å²) in [6.45, 7) is 1.23. The largest absolute Gasteiger partial charge is 0.325 e. The first-order valence-electron chi connectivity index (χ1n) is 9.22. The Kier molecular flexibility index (Phi) is 5.77. The number of benzene rings is 2. The quantitative estimate of drug-likeness (QED) is 0.410. The van der Waals surface area contributed by atoms with Gasteiger partial charge in [-0.25, -0.2) is 9.18 Å². The van der Waals surface area contributed by atoms with Gasteiger partial charge in [0.1, 0.15) is 23.6 Å². The van der Waals surface area contributed by atoms with Gasteiger partial charge in [-0.3, -0.25) is 24.6 Å². The molecule has 0 saturated carbocycles. The van der Waals surface area contributed by atoms with Gasteiger partial charge in [0.2, 0.25) is 5.91 Å². The Hall–Kier alpha value is -3.82. The maximum atomic E-state index is 13.3. The molecular weight excluding hydrogens is 395 g/mol. The van der Waals surface area contributed by atoms with Gasteiger partial charge in [0, 0.05) is 0 Å². The lowest BCUT2D eigenvalue weighted by Crippen LogP contribution is -2.44. The van der Waals surface area contributed by atoms with Crippen molar-refractivity contribution < 1.29 is 23.7 Å². The Morgan fingerprint density at radius 1 is 1.23 bits per heavy atom. The molecule has 0 radical (unpaired) electrons. The molecule has 156 valence electrons. The first-order valence-corrected chi connectivity index (χ1v) is 9.22. The lowest BCUT2D eigenvalue weighted by molar-refractivity contribution is -0.384. The van der Waals surface area contributed by atoms with Crippen LogP contribution in [0.15, 0.2) is 48.5 Å². The highest BCUT2D eigenvalue weighted by Crippen LogP contribution is 2.33. The van der Waals surface area contributed by atoms with Gasteiger partial charge in [0.15, 0.2) is 0 Å². The van der Waals surface area contributed by atoms with E-state index in [-0.39, 0.29) is 5.69 Å². The molecule has 1 aliphatic rings. The summed E-state index contributed by atoms with van der Waals surface area (Å²) >= 11 is 0. The van der Waals surface area contributed by atoms with Crippen LogP contribution >= 0.6 is 0 Å². The first-order chi connectivity index (χ1) is 14.3. The van der Waals surface area contributed by atoms with E-state index in [1.165, 1.54) is 0 Å². The van der Waals surface area contributed by atoms with Crippen LogP contribution in [0.3, 0.4) is 0 Å². The summed E-state index contributed by atoms with van der Waals surface area (Å²) in [5.41, 5.74) is -1.55. The van der Waals surface area contributed by atoms with Gasteiger partial charge in [-0.1, -0.05) is 43.7 Å². The van der Waals surface area contributed by atoms with Crippen LogP contribution in [0.2, 0.25) is 0 Å². The fourth-order valence-electron chi connectivity index (χ4n) is 3.47. The molecule has 2 N–H and O–H groups in total. The molecule has 1 aliphatic heterocycles. The van der Waals surface area contributed by atoms with Crippen LogP contribution in [-0.4, -0.2) is 34.2 Å². The van der Waals surface area contributed by atoms with Gasteiger partial charge >= 0.3 is 6.03 Å². The van der Waals surface area contributed by atoms with Crippen LogP contribution in [0.25, 0.3) is 0 Å². The fourth-order valence-corrected chi connectivity index (χ4v) is 3.47. The molecule has 0 spiro atoms. The van der Waals surface area contributed by atoms with E-state index in [1.807, 2.05) is 6.92 Å². The molecular formula is C20H19FN4O5. The Morgan fingerprint density at radius 2 is 1.93 bits per heavy atom. The molecule has 1 heterocycles. The van der Waals surface area contributed by atoms with Crippen molar-refractivity contribution >= 4 is 29.2 Å². The van der Waals surface area contributed by atoms with Crippen molar-refractivity contribution in [3.8, 4) is 0 Å².